The lowest BCUT2D eigenvalue weighted by Crippen LogP contribution is -2.42. The van der Waals surface area contributed by atoms with E-state index in [0.29, 0.717) is 13.0 Å². The van der Waals surface area contributed by atoms with Gasteiger partial charge in [-0.3, -0.25) is 4.79 Å². The van der Waals surface area contributed by atoms with E-state index >= 15 is 0 Å². The van der Waals surface area contributed by atoms with Crippen LogP contribution in [0, 0.1) is 0 Å². The van der Waals surface area contributed by atoms with Crippen LogP contribution in [0.1, 0.15) is 45.4 Å². The van der Waals surface area contributed by atoms with E-state index in [1.54, 1.807) is 0 Å². The third kappa shape index (κ3) is 3.66. The van der Waals surface area contributed by atoms with Crippen LogP contribution in [0.3, 0.4) is 0 Å². The Labute approximate surface area is 86.1 Å². The molecule has 0 unspecified atom stereocenters. The normalized spacial score (nSPS) is 22.4. The first kappa shape index (κ1) is 11.5. The van der Waals surface area contributed by atoms with Crippen molar-refractivity contribution in [2.75, 3.05) is 13.1 Å². The summed E-state index contributed by atoms with van der Waals surface area (Å²) < 4.78 is 0. The first-order valence-corrected chi connectivity index (χ1v) is 5.70. The number of carbonyl (C=O) groups excluding carboxylic acids is 1. The molecule has 1 fully saturated rings. The van der Waals surface area contributed by atoms with E-state index in [4.69, 9.17) is 0 Å². The van der Waals surface area contributed by atoms with Gasteiger partial charge in [-0.25, -0.2) is 0 Å². The Morgan fingerprint density at radius 3 is 2.93 bits per heavy atom. The number of aliphatic hydroxyl groups excluding tert-OH is 1. The van der Waals surface area contributed by atoms with Gasteiger partial charge >= 0.3 is 0 Å². The number of hydrogen-bond acceptors (Lipinski definition) is 2. The second-order valence-corrected chi connectivity index (χ2v) is 4.09. The van der Waals surface area contributed by atoms with Crippen LogP contribution in [0.15, 0.2) is 0 Å². The minimum atomic E-state index is -0.293. The molecule has 1 aliphatic rings. The molecule has 0 bridgehead atoms. The van der Waals surface area contributed by atoms with Crippen LogP contribution < -0.4 is 0 Å². The largest absolute Gasteiger partial charge is 0.391 e. The van der Waals surface area contributed by atoms with E-state index < -0.39 is 0 Å². The summed E-state index contributed by atoms with van der Waals surface area (Å²) in [4.78, 5) is 13.4. The quantitative estimate of drug-likeness (QED) is 0.698. The van der Waals surface area contributed by atoms with Crippen LogP contribution >= 0.6 is 0 Å². The summed E-state index contributed by atoms with van der Waals surface area (Å²) >= 11 is 0. The van der Waals surface area contributed by atoms with E-state index in [-0.39, 0.29) is 12.0 Å². The van der Waals surface area contributed by atoms with Gasteiger partial charge in [0.2, 0.25) is 5.91 Å². The summed E-state index contributed by atoms with van der Waals surface area (Å²) in [6.07, 6.45) is 5.42. The molecule has 1 N–H and O–H groups in total. The Morgan fingerprint density at radius 1 is 1.50 bits per heavy atom. The van der Waals surface area contributed by atoms with Gasteiger partial charge in [0.25, 0.3) is 0 Å². The molecule has 0 spiro atoms. The second kappa shape index (κ2) is 6.02. The smallest absolute Gasteiger partial charge is 0.222 e. The number of amides is 1. The van der Waals surface area contributed by atoms with Gasteiger partial charge in [0, 0.05) is 19.5 Å². The summed E-state index contributed by atoms with van der Waals surface area (Å²) in [5, 5.41) is 9.41. The molecule has 1 aliphatic heterocycles. The topological polar surface area (TPSA) is 40.5 Å². The van der Waals surface area contributed by atoms with Crippen LogP contribution in [0.4, 0.5) is 0 Å². The molecule has 14 heavy (non-hydrogen) atoms. The predicted molar refractivity (Wildman–Crippen MR) is 56.0 cm³/mol. The van der Waals surface area contributed by atoms with Crippen molar-refractivity contribution in [3.8, 4) is 0 Å². The van der Waals surface area contributed by atoms with Gasteiger partial charge in [-0.1, -0.05) is 19.8 Å². The van der Waals surface area contributed by atoms with Crippen molar-refractivity contribution in [1.29, 1.82) is 0 Å². The number of nitrogens with zero attached hydrogens (tertiary/aromatic N) is 1. The number of likely N-dealkylation sites (tertiary alicyclic amines) is 1. The van der Waals surface area contributed by atoms with E-state index in [2.05, 4.69) is 6.92 Å². The van der Waals surface area contributed by atoms with E-state index in [1.807, 2.05) is 4.90 Å². The van der Waals surface area contributed by atoms with Gasteiger partial charge < -0.3 is 10.0 Å². The van der Waals surface area contributed by atoms with Crippen LogP contribution in [0.25, 0.3) is 0 Å². The molecule has 0 aromatic carbocycles. The molecule has 0 aromatic rings. The van der Waals surface area contributed by atoms with Crippen LogP contribution in [0.2, 0.25) is 0 Å². The fraction of sp³-hybridized carbons (Fsp3) is 0.909. The number of aliphatic hydroxyl groups is 1. The maximum absolute atomic E-state index is 11.6. The summed E-state index contributed by atoms with van der Waals surface area (Å²) in [5.41, 5.74) is 0. The van der Waals surface area contributed by atoms with Gasteiger partial charge in [0.15, 0.2) is 0 Å². The van der Waals surface area contributed by atoms with E-state index in [1.165, 1.54) is 0 Å². The highest BCUT2D eigenvalue weighted by molar-refractivity contribution is 5.76. The molecular weight excluding hydrogens is 178 g/mol. The SMILES string of the molecule is CCCCCC(=O)N1CCC[C@H](O)C1. The second-order valence-electron chi connectivity index (χ2n) is 4.09. The minimum Gasteiger partial charge on any atom is -0.391 e. The van der Waals surface area contributed by atoms with Crippen molar-refractivity contribution in [2.24, 2.45) is 0 Å². The Hall–Kier alpha value is -0.570. The number of unbranched alkanes of at least 4 members (excludes halogenated alkanes) is 2. The molecule has 1 atom stereocenters. The van der Waals surface area contributed by atoms with Gasteiger partial charge in [-0.2, -0.15) is 0 Å². The first-order valence-electron chi connectivity index (χ1n) is 5.70. The van der Waals surface area contributed by atoms with Crippen LogP contribution in [-0.4, -0.2) is 35.1 Å². The standard InChI is InChI=1S/C11H21NO2/c1-2-3-4-7-11(14)12-8-5-6-10(13)9-12/h10,13H,2-9H2,1H3/t10-/m0/s1. The van der Waals surface area contributed by atoms with Crippen LogP contribution in [-0.2, 0) is 4.79 Å². The third-order valence-corrected chi connectivity index (χ3v) is 2.74. The van der Waals surface area contributed by atoms with Gasteiger partial charge in [0.05, 0.1) is 6.10 Å². The lowest BCUT2D eigenvalue weighted by molar-refractivity contribution is -0.134. The highest BCUT2D eigenvalue weighted by atomic mass is 16.3. The molecule has 0 aromatic heterocycles. The van der Waals surface area contributed by atoms with Crippen molar-refractivity contribution in [1.82, 2.24) is 4.90 Å². The zero-order chi connectivity index (χ0) is 10.4. The van der Waals surface area contributed by atoms with Crippen molar-refractivity contribution in [3.05, 3.63) is 0 Å². The molecule has 1 amide bonds. The summed E-state index contributed by atoms with van der Waals surface area (Å²) in [6, 6.07) is 0. The molecule has 0 saturated carbocycles. The predicted octanol–water partition coefficient (Wildman–Crippen LogP) is 1.55. The zero-order valence-corrected chi connectivity index (χ0v) is 9.04. The van der Waals surface area contributed by atoms with Crippen molar-refractivity contribution in [2.45, 2.75) is 51.6 Å². The van der Waals surface area contributed by atoms with Crippen molar-refractivity contribution >= 4 is 5.91 Å². The maximum Gasteiger partial charge on any atom is 0.222 e. The van der Waals surface area contributed by atoms with Crippen molar-refractivity contribution < 1.29 is 9.90 Å². The van der Waals surface area contributed by atoms with Gasteiger partial charge in [-0.15, -0.1) is 0 Å². The number of hydrogen-bond donors (Lipinski definition) is 1. The van der Waals surface area contributed by atoms with Gasteiger partial charge in [-0.05, 0) is 19.3 Å². The summed E-state index contributed by atoms with van der Waals surface area (Å²) in [5.74, 6) is 0.220. The van der Waals surface area contributed by atoms with E-state index in [9.17, 15) is 9.90 Å². The molecule has 82 valence electrons. The number of carbonyl (C=O) groups is 1. The molecule has 1 heterocycles. The maximum atomic E-state index is 11.6. The summed E-state index contributed by atoms with van der Waals surface area (Å²) in [6.45, 7) is 3.52. The molecule has 1 rings (SSSR count). The Kier molecular flexibility index (Phi) is 4.94. The molecule has 0 aliphatic carbocycles. The Morgan fingerprint density at radius 2 is 2.29 bits per heavy atom. The van der Waals surface area contributed by atoms with Gasteiger partial charge in [0.1, 0.15) is 0 Å². The Bertz CT molecular complexity index is 182. The summed E-state index contributed by atoms with van der Waals surface area (Å²) in [7, 11) is 0. The molecule has 0 radical (unpaired) electrons. The Balaban J connectivity index is 2.22. The fourth-order valence-corrected chi connectivity index (χ4v) is 1.87. The fourth-order valence-electron chi connectivity index (χ4n) is 1.87. The average Bonchev–Trinajstić information content (AvgIpc) is 2.18. The molecule has 1 saturated heterocycles. The lowest BCUT2D eigenvalue weighted by atomic mass is 10.1. The monoisotopic (exact) mass is 199 g/mol. The van der Waals surface area contributed by atoms with E-state index in [0.717, 1.165) is 38.6 Å². The lowest BCUT2D eigenvalue weighted by Gasteiger charge is -2.30. The van der Waals surface area contributed by atoms with Crippen molar-refractivity contribution in [3.63, 3.8) is 0 Å². The zero-order valence-electron chi connectivity index (χ0n) is 9.04. The minimum absolute atomic E-state index is 0.220. The number of β-amino-alcohol motifs (C(OH)–C–C–N with tert-alkyl or cyclic N) is 1. The number of rotatable bonds is 4. The third-order valence-electron chi connectivity index (χ3n) is 2.74. The van der Waals surface area contributed by atoms with Crippen LogP contribution in [0.5, 0.6) is 0 Å². The molecular formula is C11H21NO2. The molecule has 3 heteroatoms. The average molecular weight is 199 g/mol. The number of piperidine rings is 1. The molecule has 3 nitrogen and oxygen atoms in total. The highest BCUT2D eigenvalue weighted by Crippen LogP contribution is 2.12. The first-order chi connectivity index (χ1) is 6.74. The highest BCUT2D eigenvalue weighted by Gasteiger charge is 2.21.